The lowest BCUT2D eigenvalue weighted by Crippen LogP contribution is -2.11. The molecule has 0 aliphatic heterocycles. The summed E-state index contributed by atoms with van der Waals surface area (Å²) in [5, 5.41) is 22.7. The molecule has 1 aromatic carbocycles. The highest BCUT2D eigenvalue weighted by atomic mass is 15.0. The van der Waals surface area contributed by atoms with Gasteiger partial charge in [-0.25, -0.2) is 9.97 Å². The van der Waals surface area contributed by atoms with Gasteiger partial charge in [-0.1, -0.05) is 18.2 Å². The van der Waals surface area contributed by atoms with Crippen molar-refractivity contribution in [3.8, 4) is 23.4 Å². The first-order chi connectivity index (χ1) is 14.7. The molecule has 0 saturated heterocycles. The number of pyridine rings is 2. The first-order valence-electron chi connectivity index (χ1n) is 9.19. The van der Waals surface area contributed by atoms with Crippen molar-refractivity contribution in [1.82, 2.24) is 19.9 Å². The summed E-state index contributed by atoms with van der Waals surface area (Å²) in [7, 11) is 0. The number of fused-ring (bicyclic) bond motifs is 1. The van der Waals surface area contributed by atoms with Crippen LogP contribution in [0.15, 0.2) is 55.1 Å². The first kappa shape index (κ1) is 18.8. The highest BCUT2D eigenvalue weighted by Gasteiger charge is 2.15. The fourth-order valence-corrected chi connectivity index (χ4v) is 3.32. The van der Waals surface area contributed by atoms with Crippen LogP contribution in [-0.4, -0.2) is 26.5 Å². The molecule has 8 nitrogen and oxygen atoms in total. The Morgan fingerprint density at radius 3 is 2.63 bits per heavy atom. The molecule has 0 aliphatic carbocycles. The van der Waals surface area contributed by atoms with Crippen LogP contribution in [0.4, 0.5) is 11.6 Å². The SMILES string of the molecule is N#Cc1c(N)ncnc1NCCc1cnc2c(C#N)cccc2c1-c1ccccn1. The molecule has 8 heteroatoms. The van der Waals surface area contributed by atoms with E-state index in [4.69, 9.17) is 5.73 Å². The summed E-state index contributed by atoms with van der Waals surface area (Å²) < 4.78 is 0. The van der Waals surface area contributed by atoms with Crippen LogP contribution in [0.25, 0.3) is 22.2 Å². The number of nitrogens with one attached hydrogen (secondary N) is 1. The Hall–Kier alpha value is -4.56. The maximum absolute atomic E-state index is 9.44. The Morgan fingerprint density at radius 2 is 1.87 bits per heavy atom. The Labute approximate surface area is 172 Å². The third-order valence-corrected chi connectivity index (χ3v) is 4.69. The molecule has 0 unspecified atom stereocenters. The number of hydrogen-bond acceptors (Lipinski definition) is 8. The van der Waals surface area contributed by atoms with Crippen LogP contribution in [-0.2, 0) is 6.42 Å². The molecule has 3 N–H and O–H groups in total. The molecule has 0 spiro atoms. The Balaban J connectivity index is 1.72. The smallest absolute Gasteiger partial charge is 0.149 e. The third-order valence-electron chi connectivity index (χ3n) is 4.69. The lowest BCUT2D eigenvalue weighted by atomic mass is 9.96. The van der Waals surface area contributed by atoms with E-state index in [0.717, 1.165) is 22.2 Å². The number of nitriles is 2. The minimum atomic E-state index is 0.139. The second-order valence-electron chi connectivity index (χ2n) is 6.46. The standard InChI is InChI=1S/C22H16N8/c23-10-14-4-3-5-16-19(18-6-1-2-8-26-18)15(12-28-20(14)16)7-9-27-22-17(11-24)21(25)29-13-30-22/h1-6,8,12-13H,7,9H2,(H3,25,27,29,30). The van der Waals surface area contributed by atoms with E-state index in [1.807, 2.05) is 36.4 Å². The topological polar surface area (TPSA) is 137 Å². The number of rotatable bonds is 5. The first-order valence-corrected chi connectivity index (χ1v) is 9.19. The average molecular weight is 392 g/mol. The number of benzene rings is 1. The van der Waals surface area contributed by atoms with E-state index in [1.165, 1.54) is 6.33 Å². The molecule has 4 aromatic rings. The van der Waals surface area contributed by atoms with Gasteiger partial charge in [-0.05, 0) is 30.2 Å². The van der Waals surface area contributed by atoms with Crippen molar-refractivity contribution in [3.63, 3.8) is 0 Å². The van der Waals surface area contributed by atoms with Crippen molar-refractivity contribution >= 4 is 22.5 Å². The van der Waals surface area contributed by atoms with Crippen molar-refractivity contribution in [2.45, 2.75) is 6.42 Å². The number of anilines is 2. The van der Waals surface area contributed by atoms with Crippen molar-refractivity contribution < 1.29 is 0 Å². The number of nitrogens with two attached hydrogens (primary N) is 1. The minimum Gasteiger partial charge on any atom is -0.382 e. The van der Waals surface area contributed by atoms with Gasteiger partial charge in [0, 0.05) is 29.9 Å². The fourth-order valence-electron chi connectivity index (χ4n) is 3.32. The van der Waals surface area contributed by atoms with E-state index in [2.05, 4.69) is 31.3 Å². The maximum atomic E-state index is 9.44. The van der Waals surface area contributed by atoms with Crippen LogP contribution in [0, 0.1) is 22.7 Å². The molecule has 0 fully saturated rings. The molecule has 0 atom stereocenters. The van der Waals surface area contributed by atoms with Crippen molar-refractivity contribution in [2.24, 2.45) is 0 Å². The quantitative estimate of drug-likeness (QED) is 0.528. The predicted molar refractivity (Wildman–Crippen MR) is 113 cm³/mol. The van der Waals surface area contributed by atoms with E-state index >= 15 is 0 Å². The molecular formula is C22H16N8. The number of para-hydroxylation sites is 1. The minimum absolute atomic E-state index is 0.139. The van der Waals surface area contributed by atoms with Crippen molar-refractivity contribution in [2.75, 3.05) is 17.6 Å². The van der Waals surface area contributed by atoms with Gasteiger partial charge in [0.25, 0.3) is 0 Å². The molecule has 3 heterocycles. The van der Waals surface area contributed by atoms with Gasteiger partial charge in [0.05, 0.1) is 16.8 Å². The largest absolute Gasteiger partial charge is 0.382 e. The van der Waals surface area contributed by atoms with Crippen molar-refractivity contribution in [3.05, 3.63) is 71.8 Å². The number of aromatic nitrogens is 4. The van der Waals surface area contributed by atoms with Gasteiger partial charge in [-0.3, -0.25) is 9.97 Å². The van der Waals surface area contributed by atoms with Gasteiger partial charge in [0.15, 0.2) is 0 Å². The van der Waals surface area contributed by atoms with Crippen LogP contribution >= 0.6 is 0 Å². The monoisotopic (exact) mass is 392 g/mol. The van der Waals surface area contributed by atoms with E-state index in [9.17, 15) is 10.5 Å². The van der Waals surface area contributed by atoms with Gasteiger partial charge in [-0.2, -0.15) is 10.5 Å². The molecule has 0 radical (unpaired) electrons. The van der Waals surface area contributed by atoms with Crippen LogP contribution < -0.4 is 11.1 Å². The summed E-state index contributed by atoms with van der Waals surface area (Å²) in [4.78, 5) is 17.0. The van der Waals surface area contributed by atoms with Crippen LogP contribution in [0.1, 0.15) is 16.7 Å². The number of nitrogen functional groups attached to an aromatic ring is 1. The zero-order valence-corrected chi connectivity index (χ0v) is 15.9. The maximum Gasteiger partial charge on any atom is 0.149 e. The van der Waals surface area contributed by atoms with E-state index < -0.39 is 0 Å². The predicted octanol–water partition coefficient (Wildman–Crippen LogP) is 3.07. The zero-order valence-electron chi connectivity index (χ0n) is 15.9. The van der Waals surface area contributed by atoms with Gasteiger partial charge < -0.3 is 11.1 Å². The van der Waals surface area contributed by atoms with Gasteiger partial charge >= 0.3 is 0 Å². The summed E-state index contributed by atoms with van der Waals surface area (Å²) in [5.74, 6) is 0.533. The summed E-state index contributed by atoms with van der Waals surface area (Å²) >= 11 is 0. The number of nitrogens with zero attached hydrogens (tertiary/aromatic N) is 6. The molecule has 0 aliphatic rings. The highest BCUT2D eigenvalue weighted by Crippen LogP contribution is 2.31. The van der Waals surface area contributed by atoms with E-state index in [-0.39, 0.29) is 11.4 Å². The Kier molecular flexibility index (Phi) is 5.14. The molecule has 3 aromatic heterocycles. The summed E-state index contributed by atoms with van der Waals surface area (Å²) in [6.45, 7) is 0.496. The molecule has 144 valence electrons. The normalized spacial score (nSPS) is 10.3. The second-order valence-corrected chi connectivity index (χ2v) is 6.46. The zero-order chi connectivity index (χ0) is 20.9. The van der Waals surface area contributed by atoms with Crippen LogP contribution in [0.3, 0.4) is 0 Å². The average Bonchev–Trinajstić information content (AvgIpc) is 2.79. The molecule has 4 rings (SSSR count). The molecule has 0 amide bonds. The van der Waals surface area contributed by atoms with Crippen LogP contribution in [0.2, 0.25) is 0 Å². The third kappa shape index (κ3) is 3.46. The van der Waals surface area contributed by atoms with Gasteiger partial charge in [0.1, 0.15) is 35.7 Å². The van der Waals surface area contributed by atoms with E-state index in [0.29, 0.717) is 29.9 Å². The highest BCUT2D eigenvalue weighted by molar-refractivity contribution is 5.97. The Morgan fingerprint density at radius 1 is 0.967 bits per heavy atom. The summed E-state index contributed by atoms with van der Waals surface area (Å²) in [5.41, 5.74) is 9.83. The summed E-state index contributed by atoms with van der Waals surface area (Å²) in [6, 6.07) is 15.5. The summed E-state index contributed by atoms with van der Waals surface area (Å²) in [6.07, 6.45) is 5.42. The number of hydrogen-bond donors (Lipinski definition) is 2. The Bertz CT molecular complexity index is 1300. The van der Waals surface area contributed by atoms with Crippen LogP contribution in [0.5, 0.6) is 0 Å². The molecule has 0 saturated carbocycles. The molecule has 0 bridgehead atoms. The van der Waals surface area contributed by atoms with Gasteiger partial charge in [0.2, 0.25) is 0 Å². The lowest BCUT2D eigenvalue weighted by Gasteiger charge is -2.14. The molecular weight excluding hydrogens is 376 g/mol. The van der Waals surface area contributed by atoms with Crippen molar-refractivity contribution in [1.29, 1.82) is 10.5 Å². The fraction of sp³-hybridized carbons (Fsp3) is 0.0909. The second kappa shape index (κ2) is 8.21. The lowest BCUT2D eigenvalue weighted by molar-refractivity contribution is 0.991. The van der Waals surface area contributed by atoms with E-state index in [1.54, 1.807) is 18.5 Å². The van der Waals surface area contributed by atoms with Gasteiger partial charge in [-0.15, -0.1) is 0 Å². The molecule has 30 heavy (non-hydrogen) atoms.